The Bertz CT molecular complexity index is 1070. The van der Waals surface area contributed by atoms with Gasteiger partial charge in [0.25, 0.3) is 0 Å². The van der Waals surface area contributed by atoms with Gasteiger partial charge in [-0.3, -0.25) is 9.69 Å². The van der Waals surface area contributed by atoms with Crippen molar-refractivity contribution in [3.63, 3.8) is 0 Å². The SMILES string of the molecule is CC1C(C(=O)O)=CC=CC1(Cc1ccc(N(CC2CCCCC2)C(=O)OC(C)(C)C)cc1Cl)C(=O)O. The van der Waals surface area contributed by atoms with Gasteiger partial charge in [-0.25, -0.2) is 9.59 Å². The molecule has 2 unspecified atom stereocenters. The number of anilines is 1. The normalized spacial score (nSPS) is 22.6. The van der Waals surface area contributed by atoms with Crippen molar-refractivity contribution in [2.75, 3.05) is 11.4 Å². The number of carboxylic acids is 2. The topological polar surface area (TPSA) is 104 Å². The van der Waals surface area contributed by atoms with Gasteiger partial charge >= 0.3 is 18.0 Å². The van der Waals surface area contributed by atoms with Gasteiger partial charge in [-0.05, 0) is 63.6 Å². The van der Waals surface area contributed by atoms with Crippen LogP contribution in [0.5, 0.6) is 0 Å². The lowest BCUT2D eigenvalue weighted by molar-refractivity contribution is -0.148. The monoisotopic (exact) mass is 517 g/mol. The van der Waals surface area contributed by atoms with Gasteiger partial charge in [-0.15, -0.1) is 0 Å². The van der Waals surface area contributed by atoms with E-state index >= 15 is 0 Å². The van der Waals surface area contributed by atoms with Crippen LogP contribution in [0.3, 0.4) is 0 Å². The Hall–Kier alpha value is -2.80. The average Bonchev–Trinajstić information content (AvgIpc) is 2.79. The minimum absolute atomic E-state index is 0.0127. The molecule has 0 aromatic heterocycles. The number of allylic oxidation sites excluding steroid dienone is 2. The number of carbonyl (C=O) groups is 3. The molecule has 1 amide bonds. The van der Waals surface area contributed by atoms with Crippen molar-refractivity contribution in [3.05, 3.63) is 52.6 Å². The molecule has 2 atom stereocenters. The second-order valence-electron chi connectivity index (χ2n) is 10.9. The molecule has 36 heavy (non-hydrogen) atoms. The van der Waals surface area contributed by atoms with Crippen LogP contribution in [0.1, 0.15) is 65.4 Å². The predicted octanol–water partition coefficient (Wildman–Crippen LogP) is 6.49. The summed E-state index contributed by atoms with van der Waals surface area (Å²) < 4.78 is 5.68. The minimum Gasteiger partial charge on any atom is -0.481 e. The molecule has 0 aliphatic heterocycles. The molecule has 2 N–H and O–H groups in total. The standard InChI is InChI=1S/C28H36ClNO6/c1-18-22(24(31)32)11-8-14-28(18,25(33)34)16-20-12-13-21(15-23(20)29)30(26(35)36-27(2,3)4)17-19-9-6-5-7-10-19/h8,11-15,18-19H,5-7,9-10,16-17H2,1-4H3,(H,31,32)(H,33,34). The second kappa shape index (κ2) is 11.1. The van der Waals surface area contributed by atoms with E-state index in [9.17, 15) is 24.6 Å². The first kappa shape index (κ1) is 27.8. The number of benzene rings is 1. The molecule has 0 heterocycles. The molecule has 1 saturated carbocycles. The quantitative estimate of drug-likeness (QED) is 0.428. The van der Waals surface area contributed by atoms with Gasteiger partial charge < -0.3 is 14.9 Å². The third-order valence-corrected chi connectivity index (χ3v) is 7.52. The zero-order valence-electron chi connectivity index (χ0n) is 21.4. The lowest BCUT2D eigenvalue weighted by atomic mass is 9.66. The van der Waals surface area contributed by atoms with E-state index in [2.05, 4.69) is 0 Å². The summed E-state index contributed by atoms with van der Waals surface area (Å²) in [6.45, 7) is 7.60. The van der Waals surface area contributed by atoms with Crippen LogP contribution in [0.4, 0.5) is 10.5 Å². The molecular weight excluding hydrogens is 482 g/mol. The van der Waals surface area contributed by atoms with Crippen molar-refractivity contribution >= 4 is 35.3 Å². The molecule has 8 heteroatoms. The van der Waals surface area contributed by atoms with E-state index in [4.69, 9.17) is 16.3 Å². The molecule has 0 bridgehead atoms. The third-order valence-electron chi connectivity index (χ3n) is 7.16. The van der Waals surface area contributed by atoms with Crippen molar-refractivity contribution in [2.45, 2.75) is 71.8 Å². The van der Waals surface area contributed by atoms with Gasteiger partial charge in [-0.1, -0.05) is 62.1 Å². The molecule has 3 rings (SSSR count). The highest BCUT2D eigenvalue weighted by atomic mass is 35.5. The van der Waals surface area contributed by atoms with Gasteiger partial charge in [0.15, 0.2) is 0 Å². The van der Waals surface area contributed by atoms with E-state index in [1.807, 2.05) is 20.8 Å². The maximum Gasteiger partial charge on any atom is 0.414 e. The summed E-state index contributed by atoms with van der Waals surface area (Å²) in [5, 5.41) is 20.0. The molecule has 0 saturated heterocycles. The average molecular weight is 518 g/mol. The van der Waals surface area contributed by atoms with E-state index in [1.165, 1.54) is 24.6 Å². The van der Waals surface area contributed by atoms with E-state index < -0.39 is 35.0 Å². The van der Waals surface area contributed by atoms with E-state index in [-0.39, 0.29) is 12.0 Å². The largest absolute Gasteiger partial charge is 0.481 e. The lowest BCUT2D eigenvalue weighted by Gasteiger charge is -2.35. The molecule has 1 aromatic carbocycles. The number of carboxylic acid groups (broad SMARTS) is 2. The molecule has 0 radical (unpaired) electrons. The Morgan fingerprint density at radius 1 is 1.14 bits per heavy atom. The summed E-state index contributed by atoms with van der Waals surface area (Å²) in [6, 6.07) is 5.15. The Morgan fingerprint density at radius 2 is 1.81 bits per heavy atom. The highest BCUT2D eigenvalue weighted by Gasteiger charge is 2.46. The van der Waals surface area contributed by atoms with Crippen LogP contribution in [0.15, 0.2) is 42.0 Å². The molecule has 196 valence electrons. The number of hydrogen-bond donors (Lipinski definition) is 2. The van der Waals surface area contributed by atoms with Gasteiger partial charge in [0.2, 0.25) is 0 Å². The summed E-state index contributed by atoms with van der Waals surface area (Å²) in [4.78, 5) is 38.8. The van der Waals surface area contributed by atoms with Crippen molar-refractivity contribution in [3.8, 4) is 0 Å². The van der Waals surface area contributed by atoms with Crippen LogP contribution in [0, 0.1) is 17.3 Å². The molecule has 0 spiro atoms. The Kier molecular flexibility index (Phi) is 8.55. The van der Waals surface area contributed by atoms with Crippen LogP contribution in [0.2, 0.25) is 5.02 Å². The Morgan fingerprint density at radius 3 is 2.36 bits per heavy atom. The molecule has 1 aromatic rings. The molecular formula is C28H36ClNO6. The summed E-state index contributed by atoms with van der Waals surface area (Å²) in [7, 11) is 0. The number of ether oxygens (including phenoxy) is 1. The van der Waals surface area contributed by atoms with Crippen LogP contribution in [-0.2, 0) is 20.7 Å². The summed E-state index contributed by atoms with van der Waals surface area (Å²) in [5.41, 5.74) is -0.922. The maximum atomic E-state index is 13.1. The number of nitrogens with zero attached hydrogens (tertiary/aromatic N) is 1. The lowest BCUT2D eigenvalue weighted by Crippen LogP contribution is -2.41. The van der Waals surface area contributed by atoms with Crippen molar-refractivity contribution in [1.82, 2.24) is 0 Å². The number of halogens is 1. The first-order valence-corrected chi connectivity index (χ1v) is 12.9. The first-order valence-electron chi connectivity index (χ1n) is 12.5. The molecule has 2 aliphatic rings. The number of rotatable bonds is 7. The van der Waals surface area contributed by atoms with Gasteiger partial charge in [0.05, 0.1) is 5.41 Å². The fraction of sp³-hybridized carbons (Fsp3) is 0.536. The number of carbonyl (C=O) groups excluding carboxylic acids is 1. The summed E-state index contributed by atoms with van der Waals surface area (Å²) >= 11 is 6.66. The smallest absolute Gasteiger partial charge is 0.414 e. The molecule has 2 aliphatic carbocycles. The fourth-order valence-corrected chi connectivity index (χ4v) is 5.32. The summed E-state index contributed by atoms with van der Waals surface area (Å²) in [5.74, 6) is -2.66. The minimum atomic E-state index is -1.46. The van der Waals surface area contributed by atoms with Crippen molar-refractivity contribution in [1.29, 1.82) is 0 Å². The van der Waals surface area contributed by atoms with Gasteiger partial charge in [-0.2, -0.15) is 0 Å². The zero-order chi connectivity index (χ0) is 26.7. The highest BCUT2D eigenvalue weighted by Crippen LogP contribution is 2.42. The third kappa shape index (κ3) is 6.30. The molecule has 1 fully saturated rings. The highest BCUT2D eigenvalue weighted by molar-refractivity contribution is 6.31. The number of hydrogen-bond acceptors (Lipinski definition) is 4. The Labute approximate surface area is 217 Å². The van der Waals surface area contributed by atoms with Crippen LogP contribution in [-0.4, -0.2) is 40.4 Å². The fourth-order valence-electron chi connectivity index (χ4n) is 5.08. The van der Waals surface area contributed by atoms with Gasteiger partial charge in [0, 0.05) is 28.7 Å². The van der Waals surface area contributed by atoms with Crippen LogP contribution >= 0.6 is 11.6 Å². The number of aliphatic carboxylic acids is 2. The van der Waals surface area contributed by atoms with Crippen LogP contribution in [0.25, 0.3) is 0 Å². The number of amides is 1. The second-order valence-corrected chi connectivity index (χ2v) is 11.3. The van der Waals surface area contributed by atoms with Crippen molar-refractivity contribution in [2.24, 2.45) is 17.3 Å². The Balaban J connectivity index is 1.91. The zero-order valence-corrected chi connectivity index (χ0v) is 22.2. The summed E-state index contributed by atoms with van der Waals surface area (Å²) in [6.07, 6.45) is 9.61. The first-order chi connectivity index (χ1) is 16.8. The van der Waals surface area contributed by atoms with E-state index in [1.54, 1.807) is 30.0 Å². The predicted molar refractivity (Wildman–Crippen MR) is 139 cm³/mol. The van der Waals surface area contributed by atoms with Crippen LogP contribution < -0.4 is 4.90 Å². The van der Waals surface area contributed by atoms with Gasteiger partial charge in [0.1, 0.15) is 5.60 Å². The van der Waals surface area contributed by atoms with Crippen molar-refractivity contribution < 1.29 is 29.3 Å². The molecule has 7 nitrogen and oxygen atoms in total. The maximum absolute atomic E-state index is 13.1. The van der Waals surface area contributed by atoms with E-state index in [0.717, 1.165) is 25.7 Å². The van der Waals surface area contributed by atoms with E-state index in [0.29, 0.717) is 28.7 Å².